The molecule has 1 unspecified atom stereocenters. The van der Waals surface area contributed by atoms with Crippen molar-refractivity contribution in [2.75, 3.05) is 11.4 Å². The van der Waals surface area contributed by atoms with Crippen molar-refractivity contribution >= 4 is 23.1 Å². The number of nitrogens with two attached hydrogens (primary N) is 1. The Balaban J connectivity index is 1.92. The molecule has 0 spiro atoms. The minimum absolute atomic E-state index is 0.371. The molecular formula is C14H15N3OS. The standard InChI is InChI=1S/C14H15N3OS/c15-14(18)10-5-6-16-13(9-10)17-7-1-3-11(17)12-4-2-8-19-12/h2,4-6,8-9,11H,1,3,7H2,(H2,15,18). The molecule has 2 N–H and O–H groups in total. The van der Waals surface area contributed by atoms with Gasteiger partial charge in [-0.1, -0.05) is 6.07 Å². The highest BCUT2D eigenvalue weighted by molar-refractivity contribution is 7.10. The maximum absolute atomic E-state index is 11.3. The molecule has 0 aliphatic carbocycles. The predicted molar refractivity (Wildman–Crippen MR) is 76.4 cm³/mol. The SMILES string of the molecule is NC(=O)c1ccnc(N2CCCC2c2cccs2)c1. The Labute approximate surface area is 115 Å². The van der Waals surface area contributed by atoms with Crippen LogP contribution in [0.3, 0.4) is 0 Å². The smallest absolute Gasteiger partial charge is 0.248 e. The lowest BCUT2D eigenvalue weighted by Gasteiger charge is -2.25. The van der Waals surface area contributed by atoms with Gasteiger partial charge in [0.1, 0.15) is 5.82 Å². The highest BCUT2D eigenvalue weighted by Gasteiger charge is 2.27. The molecule has 0 radical (unpaired) electrons. The van der Waals surface area contributed by atoms with E-state index in [1.165, 1.54) is 4.88 Å². The fraction of sp³-hybridized carbons (Fsp3) is 0.286. The van der Waals surface area contributed by atoms with Gasteiger partial charge in [-0.3, -0.25) is 4.79 Å². The second-order valence-corrected chi connectivity index (χ2v) is 5.61. The van der Waals surface area contributed by atoms with Crippen LogP contribution in [0.5, 0.6) is 0 Å². The summed E-state index contributed by atoms with van der Waals surface area (Å²) < 4.78 is 0. The summed E-state index contributed by atoms with van der Waals surface area (Å²) in [7, 11) is 0. The molecule has 19 heavy (non-hydrogen) atoms. The topological polar surface area (TPSA) is 59.2 Å². The van der Waals surface area contributed by atoms with Crippen LogP contribution in [-0.2, 0) is 0 Å². The third kappa shape index (κ3) is 2.33. The number of nitrogens with zero attached hydrogens (tertiary/aromatic N) is 2. The third-order valence-corrected chi connectivity index (χ3v) is 4.42. The molecule has 2 aromatic heterocycles. The monoisotopic (exact) mass is 273 g/mol. The van der Waals surface area contributed by atoms with Crippen LogP contribution >= 0.6 is 11.3 Å². The summed E-state index contributed by atoms with van der Waals surface area (Å²) in [5, 5.41) is 2.10. The average molecular weight is 273 g/mol. The zero-order chi connectivity index (χ0) is 13.2. The van der Waals surface area contributed by atoms with Gasteiger partial charge >= 0.3 is 0 Å². The van der Waals surface area contributed by atoms with E-state index in [1.807, 2.05) is 0 Å². The van der Waals surface area contributed by atoms with Gasteiger partial charge in [0, 0.05) is 23.2 Å². The van der Waals surface area contributed by atoms with E-state index in [0.717, 1.165) is 25.2 Å². The first-order valence-corrected chi connectivity index (χ1v) is 7.19. The Kier molecular flexibility index (Phi) is 3.21. The summed E-state index contributed by atoms with van der Waals surface area (Å²) in [6.45, 7) is 0.970. The number of amides is 1. The van der Waals surface area contributed by atoms with Crippen molar-refractivity contribution < 1.29 is 4.79 Å². The van der Waals surface area contributed by atoms with Gasteiger partial charge in [-0.25, -0.2) is 4.98 Å². The summed E-state index contributed by atoms with van der Waals surface area (Å²) in [6.07, 6.45) is 3.92. The molecule has 2 aromatic rings. The van der Waals surface area contributed by atoms with E-state index < -0.39 is 5.91 Å². The van der Waals surface area contributed by atoms with Crippen LogP contribution < -0.4 is 10.6 Å². The Morgan fingerprint density at radius 2 is 2.37 bits per heavy atom. The summed E-state index contributed by atoms with van der Waals surface area (Å²) in [5.74, 6) is 0.433. The molecule has 0 bridgehead atoms. The minimum Gasteiger partial charge on any atom is -0.366 e. The highest BCUT2D eigenvalue weighted by Crippen LogP contribution is 2.37. The first-order chi connectivity index (χ1) is 9.25. The van der Waals surface area contributed by atoms with Gasteiger partial charge in [-0.15, -0.1) is 11.3 Å². The van der Waals surface area contributed by atoms with Crippen molar-refractivity contribution in [3.05, 3.63) is 46.3 Å². The Bertz CT molecular complexity index is 582. The maximum atomic E-state index is 11.3. The van der Waals surface area contributed by atoms with Crippen molar-refractivity contribution in [3.63, 3.8) is 0 Å². The number of hydrogen-bond donors (Lipinski definition) is 1. The van der Waals surface area contributed by atoms with Crippen LogP contribution in [0.15, 0.2) is 35.8 Å². The van der Waals surface area contributed by atoms with E-state index in [-0.39, 0.29) is 0 Å². The summed E-state index contributed by atoms with van der Waals surface area (Å²) in [5.41, 5.74) is 5.84. The molecule has 5 heteroatoms. The van der Waals surface area contributed by atoms with Crippen molar-refractivity contribution in [2.24, 2.45) is 5.73 Å². The van der Waals surface area contributed by atoms with Crippen LogP contribution in [0.4, 0.5) is 5.82 Å². The largest absolute Gasteiger partial charge is 0.366 e. The fourth-order valence-electron chi connectivity index (χ4n) is 2.55. The molecule has 1 amide bonds. The lowest BCUT2D eigenvalue weighted by Crippen LogP contribution is -2.23. The van der Waals surface area contributed by atoms with Gasteiger partial charge in [-0.05, 0) is 36.4 Å². The van der Waals surface area contributed by atoms with Crippen molar-refractivity contribution in [1.82, 2.24) is 4.98 Å². The second kappa shape index (κ2) is 5.01. The maximum Gasteiger partial charge on any atom is 0.248 e. The molecule has 0 aromatic carbocycles. The zero-order valence-electron chi connectivity index (χ0n) is 10.5. The quantitative estimate of drug-likeness (QED) is 0.935. The lowest BCUT2D eigenvalue weighted by atomic mass is 10.2. The summed E-state index contributed by atoms with van der Waals surface area (Å²) in [6, 6.07) is 8.04. The molecule has 0 saturated carbocycles. The van der Waals surface area contributed by atoms with E-state index in [9.17, 15) is 4.79 Å². The average Bonchev–Trinajstić information content (AvgIpc) is 3.09. The minimum atomic E-state index is -0.407. The number of primary amides is 1. The Morgan fingerprint density at radius 3 is 3.11 bits per heavy atom. The molecule has 1 saturated heterocycles. The zero-order valence-corrected chi connectivity index (χ0v) is 11.3. The van der Waals surface area contributed by atoms with Crippen LogP contribution in [0.1, 0.15) is 34.1 Å². The van der Waals surface area contributed by atoms with Crippen LogP contribution in [0.2, 0.25) is 0 Å². The molecule has 4 nitrogen and oxygen atoms in total. The van der Waals surface area contributed by atoms with Gasteiger partial charge in [0.05, 0.1) is 6.04 Å². The van der Waals surface area contributed by atoms with E-state index >= 15 is 0 Å². The van der Waals surface area contributed by atoms with Crippen LogP contribution in [0.25, 0.3) is 0 Å². The van der Waals surface area contributed by atoms with Crippen molar-refractivity contribution in [1.29, 1.82) is 0 Å². The van der Waals surface area contributed by atoms with Crippen LogP contribution in [0, 0.1) is 0 Å². The number of thiophene rings is 1. The van der Waals surface area contributed by atoms with Crippen molar-refractivity contribution in [3.8, 4) is 0 Å². The van der Waals surface area contributed by atoms with Crippen molar-refractivity contribution in [2.45, 2.75) is 18.9 Å². The molecular weight excluding hydrogens is 258 g/mol. The first kappa shape index (κ1) is 12.2. The van der Waals surface area contributed by atoms with Crippen LogP contribution in [-0.4, -0.2) is 17.4 Å². The van der Waals surface area contributed by atoms with Gasteiger partial charge in [0.25, 0.3) is 0 Å². The van der Waals surface area contributed by atoms with E-state index in [0.29, 0.717) is 11.6 Å². The molecule has 1 aliphatic heterocycles. The normalized spacial score (nSPS) is 18.7. The summed E-state index contributed by atoms with van der Waals surface area (Å²) in [4.78, 5) is 19.3. The van der Waals surface area contributed by atoms with Gasteiger partial charge in [0.2, 0.25) is 5.91 Å². The number of carbonyl (C=O) groups excluding carboxylic acids is 1. The molecule has 1 atom stereocenters. The second-order valence-electron chi connectivity index (χ2n) is 4.63. The number of carbonyl (C=O) groups is 1. The van der Waals surface area contributed by atoms with Gasteiger partial charge < -0.3 is 10.6 Å². The molecule has 1 aliphatic rings. The fourth-order valence-corrected chi connectivity index (χ4v) is 3.42. The predicted octanol–water partition coefficient (Wildman–Crippen LogP) is 2.58. The lowest BCUT2D eigenvalue weighted by molar-refractivity contribution is 0.1000. The van der Waals surface area contributed by atoms with E-state index in [2.05, 4.69) is 27.4 Å². The van der Waals surface area contributed by atoms with E-state index in [1.54, 1.807) is 29.7 Å². The number of rotatable bonds is 3. The number of anilines is 1. The van der Waals surface area contributed by atoms with Gasteiger partial charge in [0.15, 0.2) is 0 Å². The molecule has 3 heterocycles. The van der Waals surface area contributed by atoms with E-state index in [4.69, 9.17) is 5.73 Å². The first-order valence-electron chi connectivity index (χ1n) is 6.31. The number of pyridine rings is 1. The molecule has 1 fully saturated rings. The molecule has 98 valence electrons. The Morgan fingerprint density at radius 1 is 1.47 bits per heavy atom. The van der Waals surface area contributed by atoms with Gasteiger partial charge in [-0.2, -0.15) is 0 Å². The summed E-state index contributed by atoms with van der Waals surface area (Å²) >= 11 is 1.77. The molecule has 3 rings (SSSR count). The Hall–Kier alpha value is -1.88. The number of hydrogen-bond acceptors (Lipinski definition) is 4. The number of aromatic nitrogens is 1. The third-order valence-electron chi connectivity index (χ3n) is 3.45. The highest BCUT2D eigenvalue weighted by atomic mass is 32.1.